The lowest BCUT2D eigenvalue weighted by Crippen LogP contribution is -2.55. The lowest BCUT2D eigenvalue weighted by atomic mass is 9.49. The number of pyridine rings is 1. The van der Waals surface area contributed by atoms with E-state index < -0.39 is 0 Å². The molecule has 8 saturated carbocycles. The lowest BCUT2D eigenvalue weighted by molar-refractivity contribution is -0.143. The van der Waals surface area contributed by atoms with Crippen LogP contribution >= 0.6 is 0 Å². The zero-order valence-corrected chi connectivity index (χ0v) is 20.8. The van der Waals surface area contributed by atoms with Crippen molar-refractivity contribution in [3.05, 3.63) is 18.5 Å². The highest BCUT2D eigenvalue weighted by molar-refractivity contribution is 6.05. The van der Waals surface area contributed by atoms with Crippen molar-refractivity contribution in [1.82, 2.24) is 4.98 Å². The molecule has 0 spiro atoms. The Hall–Kier alpha value is -1.91. The van der Waals surface area contributed by atoms with E-state index in [9.17, 15) is 9.59 Å². The van der Waals surface area contributed by atoms with Gasteiger partial charge in [-0.15, -0.1) is 0 Å². The number of aromatic nitrogens is 1. The van der Waals surface area contributed by atoms with Gasteiger partial charge in [-0.05, 0) is 119 Å². The van der Waals surface area contributed by atoms with Gasteiger partial charge in [0.15, 0.2) is 0 Å². The first-order chi connectivity index (χ1) is 16.3. The minimum absolute atomic E-state index is 0.188. The van der Waals surface area contributed by atoms with Crippen LogP contribution in [-0.2, 0) is 9.59 Å². The standard InChI is InChI=1S/C29H39N3O2/c1-31(26(33)28-11-18-5-19(12-28)7-20(6-18)13-28)24-3-4-30-17-25(24)32(2)27(34)29-14-21-8-22(15-29)10-23(9-21)16-29/h3-4,17-23H,5-16H2,1-2H3. The first-order valence-electron chi connectivity index (χ1n) is 13.8. The number of rotatable bonds is 4. The zero-order valence-electron chi connectivity index (χ0n) is 20.8. The maximum atomic E-state index is 14.1. The highest BCUT2D eigenvalue weighted by Crippen LogP contribution is 2.62. The number of hydrogen-bond donors (Lipinski definition) is 0. The van der Waals surface area contributed by atoms with Crippen LogP contribution in [0.5, 0.6) is 0 Å². The number of carbonyl (C=O) groups excluding carboxylic acids is 2. The molecule has 5 heteroatoms. The highest BCUT2D eigenvalue weighted by Gasteiger charge is 2.57. The quantitative estimate of drug-likeness (QED) is 0.600. The summed E-state index contributed by atoms with van der Waals surface area (Å²) in [5.41, 5.74) is 1.26. The second-order valence-corrected chi connectivity index (χ2v) is 13.5. The fourth-order valence-corrected chi connectivity index (χ4v) is 10.6. The molecule has 1 aromatic heterocycles. The van der Waals surface area contributed by atoms with Gasteiger partial charge in [0.1, 0.15) is 0 Å². The van der Waals surface area contributed by atoms with Crippen LogP contribution in [0.3, 0.4) is 0 Å². The number of anilines is 2. The number of carbonyl (C=O) groups is 2. The molecule has 8 bridgehead atoms. The molecule has 0 aliphatic heterocycles. The molecular weight excluding hydrogens is 422 g/mol. The van der Waals surface area contributed by atoms with Gasteiger partial charge in [-0.1, -0.05) is 0 Å². The smallest absolute Gasteiger partial charge is 0.233 e. The Kier molecular flexibility index (Phi) is 4.59. The summed E-state index contributed by atoms with van der Waals surface area (Å²) in [6, 6.07) is 1.94. The van der Waals surface area contributed by atoms with Crippen molar-refractivity contribution in [3.8, 4) is 0 Å². The normalized spacial score (nSPS) is 43.2. The van der Waals surface area contributed by atoms with Gasteiger partial charge in [-0.3, -0.25) is 14.6 Å². The van der Waals surface area contributed by atoms with Gasteiger partial charge in [-0.25, -0.2) is 0 Å². The van der Waals surface area contributed by atoms with Crippen molar-refractivity contribution < 1.29 is 9.59 Å². The molecule has 0 aromatic carbocycles. The Bertz CT molecular complexity index is 880. The van der Waals surface area contributed by atoms with E-state index in [0.717, 1.165) is 85.4 Å². The Morgan fingerprint density at radius 2 is 1.03 bits per heavy atom. The van der Waals surface area contributed by atoms with Crippen LogP contribution in [0.25, 0.3) is 0 Å². The molecule has 0 saturated heterocycles. The van der Waals surface area contributed by atoms with E-state index in [1.165, 1.54) is 38.5 Å². The summed E-state index contributed by atoms with van der Waals surface area (Å²) < 4.78 is 0. The van der Waals surface area contributed by atoms with Crippen LogP contribution in [0.15, 0.2) is 18.5 Å². The van der Waals surface area contributed by atoms with Gasteiger partial charge in [0.25, 0.3) is 0 Å². The SMILES string of the molecule is CN(C(=O)C12CC3CC(CC(C3)C1)C2)c1ccncc1N(C)C(=O)C12CC3CC(CC(C3)C1)C2. The predicted molar refractivity (Wildman–Crippen MR) is 132 cm³/mol. The van der Waals surface area contributed by atoms with E-state index in [1.54, 1.807) is 12.4 Å². The predicted octanol–water partition coefficient (Wildman–Crippen LogP) is 5.44. The summed E-state index contributed by atoms with van der Waals surface area (Å²) in [5.74, 6) is 4.95. The van der Waals surface area contributed by atoms with Crippen LogP contribution in [0.2, 0.25) is 0 Å². The third kappa shape index (κ3) is 3.07. The molecule has 5 nitrogen and oxygen atoms in total. The molecular formula is C29H39N3O2. The van der Waals surface area contributed by atoms with Crippen molar-refractivity contribution in [2.45, 2.75) is 77.0 Å². The minimum atomic E-state index is -0.195. The highest BCUT2D eigenvalue weighted by atomic mass is 16.2. The summed E-state index contributed by atoms with van der Waals surface area (Å²) in [5, 5.41) is 0. The number of nitrogens with zero attached hydrogens (tertiary/aromatic N) is 3. The van der Waals surface area contributed by atoms with Crippen molar-refractivity contribution >= 4 is 23.2 Å². The average Bonchev–Trinajstić information content (AvgIpc) is 2.80. The first-order valence-corrected chi connectivity index (χ1v) is 13.8. The van der Waals surface area contributed by atoms with Crippen LogP contribution in [0.4, 0.5) is 11.4 Å². The number of hydrogen-bond acceptors (Lipinski definition) is 3. The second kappa shape index (κ2) is 7.30. The number of amides is 2. The van der Waals surface area contributed by atoms with Gasteiger partial charge < -0.3 is 9.80 Å². The van der Waals surface area contributed by atoms with E-state index in [1.807, 2.05) is 30.0 Å². The summed E-state index contributed by atoms with van der Waals surface area (Å²) in [7, 11) is 3.85. The third-order valence-corrected chi connectivity index (χ3v) is 11.1. The second-order valence-electron chi connectivity index (χ2n) is 13.5. The molecule has 0 radical (unpaired) electrons. The fraction of sp³-hybridized carbons (Fsp3) is 0.759. The Labute approximate surface area is 203 Å². The molecule has 8 aliphatic carbocycles. The molecule has 0 atom stereocenters. The summed E-state index contributed by atoms with van der Waals surface area (Å²) >= 11 is 0. The molecule has 0 N–H and O–H groups in total. The molecule has 8 aliphatic rings. The molecule has 9 rings (SSSR count). The van der Waals surface area contributed by atoms with Crippen LogP contribution in [-0.4, -0.2) is 30.9 Å². The van der Waals surface area contributed by atoms with Crippen LogP contribution in [0, 0.1) is 46.3 Å². The zero-order chi connectivity index (χ0) is 23.2. The van der Waals surface area contributed by atoms with Gasteiger partial charge in [-0.2, -0.15) is 0 Å². The van der Waals surface area contributed by atoms with Gasteiger partial charge in [0, 0.05) is 20.3 Å². The van der Waals surface area contributed by atoms with Crippen molar-refractivity contribution in [2.75, 3.05) is 23.9 Å². The molecule has 182 valence electrons. The average molecular weight is 462 g/mol. The van der Waals surface area contributed by atoms with E-state index in [2.05, 4.69) is 4.98 Å². The lowest BCUT2D eigenvalue weighted by Gasteiger charge is -2.56. The van der Waals surface area contributed by atoms with Gasteiger partial charge >= 0.3 is 0 Å². The van der Waals surface area contributed by atoms with E-state index in [4.69, 9.17) is 0 Å². The maximum Gasteiger partial charge on any atom is 0.233 e. The molecule has 8 fully saturated rings. The third-order valence-electron chi connectivity index (χ3n) is 11.1. The topological polar surface area (TPSA) is 53.5 Å². The molecule has 2 amide bonds. The molecule has 34 heavy (non-hydrogen) atoms. The molecule has 1 heterocycles. The van der Waals surface area contributed by atoms with E-state index in [0.29, 0.717) is 0 Å². The van der Waals surface area contributed by atoms with Crippen molar-refractivity contribution in [2.24, 2.45) is 46.3 Å². The van der Waals surface area contributed by atoms with Gasteiger partial charge in [0.2, 0.25) is 11.8 Å². The Morgan fingerprint density at radius 1 is 0.676 bits per heavy atom. The van der Waals surface area contributed by atoms with Crippen molar-refractivity contribution in [1.29, 1.82) is 0 Å². The van der Waals surface area contributed by atoms with Gasteiger partial charge in [0.05, 0.1) is 28.4 Å². The first kappa shape index (κ1) is 21.4. The van der Waals surface area contributed by atoms with Crippen LogP contribution < -0.4 is 9.80 Å². The van der Waals surface area contributed by atoms with Crippen LogP contribution in [0.1, 0.15) is 77.0 Å². The summed E-state index contributed by atoms with van der Waals surface area (Å²) in [6.45, 7) is 0. The summed E-state index contributed by atoms with van der Waals surface area (Å²) in [4.78, 5) is 36.3. The van der Waals surface area contributed by atoms with E-state index in [-0.39, 0.29) is 22.6 Å². The fourth-order valence-electron chi connectivity index (χ4n) is 10.6. The molecule has 1 aromatic rings. The maximum absolute atomic E-state index is 14.1. The molecule has 0 unspecified atom stereocenters. The van der Waals surface area contributed by atoms with E-state index >= 15 is 0 Å². The minimum Gasteiger partial charge on any atom is -0.313 e. The van der Waals surface area contributed by atoms with Crippen molar-refractivity contribution in [3.63, 3.8) is 0 Å². The monoisotopic (exact) mass is 461 g/mol. The largest absolute Gasteiger partial charge is 0.313 e. The summed E-state index contributed by atoms with van der Waals surface area (Å²) in [6.07, 6.45) is 17.9. The Balaban J connectivity index is 1.17. The Morgan fingerprint density at radius 3 is 1.41 bits per heavy atom.